The molecule has 2 aliphatic rings. The molecule has 1 aromatic heterocycles. The minimum atomic E-state index is 0.0237. The summed E-state index contributed by atoms with van der Waals surface area (Å²) in [6.45, 7) is 8.23. The quantitative estimate of drug-likeness (QED) is 0.780. The molecule has 0 unspecified atom stereocenters. The number of hydrogen-bond acceptors (Lipinski definition) is 5. The molecule has 1 aromatic rings. The van der Waals surface area contributed by atoms with E-state index in [9.17, 15) is 0 Å². The molecule has 0 N–H and O–H groups in total. The van der Waals surface area contributed by atoms with Crippen LogP contribution in [-0.4, -0.2) is 40.4 Å². The van der Waals surface area contributed by atoms with Crippen LogP contribution in [0.4, 0.5) is 0 Å². The molecular formula is C14H21N3OS. The van der Waals surface area contributed by atoms with E-state index in [1.807, 2.05) is 6.92 Å². The van der Waals surface area contributed by atoms with E-state index in [-0.39, 0.29) is 5.60 Å². The minimum absolute atomic E-state index is 0.0237. The van der Waals surface area contributed by atoms with Gasteiger partial charge in [0, 0.05) is 13.1 Å². The van der Waals surface area contributed by atoms with Gasteiger partial charge in [0.15, 0.2) is 0 Å². The second-order valence-electron chi connectivity index (χ2n) is 5.64. The van der Waals surface area contributed by atoms with Crippen molar-refractivity contribution in [1.29, 1.82) is 0 Å². The number of ether oxygens (including phenoxy) is 1. The van der Waals surface area contributed by atoms with E-state index in [2.05, 4.69) is 28.1 Å². The molecule has 4 nitrogen and oxygen atoms in total. The maximum absolute atomic E-state index is 6.05. The van der Waals surface area contributed by atoms with Gasteiger partial charge < -0.3 is 4.74 Å². The van der Waals surface area contributed by atoms with Crippen LogP contribution in [0.1, 0.15) is 36.2 Å². The number of aromatic nitrogens is 2. The van der Waals surface area contributed by atoms with Gasteiger partial charge in [-0.1, -0.05) is 11.6 Å². The smallest absolute Gasteiger partial charge is 0.131 e. The monoisotopic (exact) mass is 279 g/mol. The lowest BCUT2D eigenvalue weighted by molar-refractivity contribution is -0.0577. The van der Waals surface area contributed by atoms with Gasteiger partial charge >= 0.3 is 0 Å². The molecular weight excluding hydrogens is 258 g/mol. The second-order valence-corrected chi connectivity index (χ2v) is 6.91. The first-order chi connectivity index (χ1) is 9.15. The van der Waals surface area contributed by atoms with Crippen LogP contribution in [0, 0.1) is 6.92 Å². The number of rotatable bonds is 2. The van der Waals surface area contributed by atoms with Crippen LogP contribution in [-0.2, 0) is 11.3 Å². The fraction of sp³-hybridized carbons (Fsp3) is 0.714. The molecule has 1 fully saturated rings. The summed E-state index contributed by atoms with van der Waals surface area (Å²) in [7, 11) is 0. The Balaban J connectivity index is 1.59. The molecule has 3 heterocycles. The van der Waals surface area contributed by atoms with Crippen molar-refractivity contribution < 1.29 is 4.74 Å². The summed E-state index contributed by atoms with van der Waals surface area (Å²) >= 11 is 1.70. The zero-order valence-electron chi connectivity index (χ0n) is 11.7. The molecule has 1 saturated heterocycles. The van der Waals surface area contributed by atoms with Crippen LogP contribution in [0.25, 0.3) is 0 Å². The maximum Gasteiger partial charge on any atom is 0.131 e. The first-order valence-electron chi connectivity index (χ1n) is 6.99. The van der Waals surface area contributed by atoms with Gasteiger partial charge in [-0.2, -0.15) is 0 Å². The van der Waals surface area contributed by atoms with Crippen molar-refractivity contribution in [3.05, 3.63) is 21.7 Å². The van der Waals surface area contributed by atoms with Gasteiger partial charge in [0.25, 0.3) is 0 Å². The summed E-state index contributed by atoms with van der Waals surface area (Å²) in [4.78, 5) is 2.46. The number of piperidine rings is 1. The maximum atomic E-state index is 6.05. The van der Waals surface area contributed by atoms with Crippen LogP contribution < -0.4 is 0 Å². The number of likely N-dealkylation sites (tertiary alicyclic amines) is 1. The first-order valence-corrected chi connectivity index (χ1v) is 7.81. The molecule has 0 saturated carbocycles. The Morgan fingerprint density at radius 1 is 1.32 bits per heavy atom. The second kappa shape index (κ2) is 5.31. The van der Waals surface area contributed by atoms with Gasteiger partial charge in [0.2, 0.25) is 0 Å². The molecule has 2 aliphatic heterocycles. The van der Waals surface area contributed by atoms with Gasteiger partial charge in [0.1, 0.15) is 10.0 Å². The van der Waals surface area contributed by atoms with E-state index < -0.39 is 0 Å². The predicted octanol–water partition coefficient (Wildman–Crippen LogP) is 2.55. The largest absolute Gasteiger partial charge is 0.370 e. The molecule has 3 rings (SSSR count). The van der Waals surface area contributed by atoms with Crippen molar-refractivity contribution in [2.75, 3.05) is 19.7 Å². The lowest BCUT2D eigenvalue weighted by atomic mass is 9.87. The average molecular weight is 279 g/mol. The first kappa shape index (κ1) is 13.2. The van der Waals surface area contributed by atoms with Crippen LogP contribution in [0.5, 0.6) is 0 Å². The molecule has 0 radical (unpaired) electrons. The Labute approximate surface area is 118 Å². The van der Waals surface area contributed by atoms with E-state index in [1.54, 1.807) is 11.3 Å². The summed E-state index contributed by atoms with van der Waals surface area (Å²) in [6.07, 6.45) is 5.66. The van der Waals surface area contributed by atoms with Gasteiger partial charge in [-0.05, 0) is 33.1 Å². The predicted molar refractivity (Wildman–Crippen MR) is 76.2 cm³/mol. The van der Waals surface area contributed by atoms with Gasteiger partial charge in [0.05, 0.1) is 18.8 Å². The zero-order valence-corrected chi connectivity index (χ0v) is 12.5. The highest BCUT2D eigenvalue weighted by Crippen LogP contribution is 2.33. The lowest BCUT2D eigenvalue weighted by Gasteiger charge is -2.41. The minimum Gasteiger partial charge on any atom is -0.370 e. The van der Waals surface area contributed by atoms with Crippen LogP contribution in [0.2, 0.25) is 0 Å². The van der Waals surface area contributed by atoms with Gasteiger partial charge in [-0.15, -0.1) is 21.5 Å². The van der Waals surface area contributed by atoms with Crippen molar-refractivity contribution >= 4 is 11.3 Å². The summed E-state index contributed by atoms with van der Waals surface area (Å²) in [6, 6.07) is 0. The molecule has 0 amide bonds. The van der Waals surface area contributed by atoms with Crippen molar-refractivity contribution in [3.63, 3.8) is 0 Å². The van der Waals surface area contributed by atoms with Crippen molar-refractivity contribution in [2.45, 2.75) is 45.3 Å². The fourth-order valence-corrected chi connectivity index (χ4v) is 3.70. The number of nitrogens with zero attached hydrogens (tertiary/aromatic N) is 3. The molecule has 0 aliphatic carbocycles. The SMILES string of the molecule is CC1=CC2(CCN(Cc3nnc(C)s3)CC2)OCC1. The molecule has 104 valence electrons. The van der Waals surface area contributed by atoms with E-state index in [4.69, 9.17) is 4.74 Å². The molecule has 0 aromatic carbocycles. The number of aryl methyl sites for hydroxylation is 1. The summed E-state index contributed by atoms with van der Waals surface area (Å²) in [5.41, 5.74) is 1.51. The number of hydrogen-bond donors (Lipinski definition) is 0. The molecule has 1 spiro atoms. The third-order valence-corrected chi connectivity index (χ3v) is 4.85. The Bertz CT molecular complexity index is 475. The third kappa shape index (κ3) is 3.04. The summed E-state index contributed by atoms with van der Waals surface area (Å²) < 4.78 is 6.05. The molecule has 0 atom stereocenters. The van der Waals surface area contributed by atoms with Gasteiger partial charge in [-0.25, -0.2) is 0 Å². The average Bonchev–Trinajstić information content (AvgIpc) is 2.78. The topological polar surface area (TPSA) is 38.2 Å². The van der Waals surface area contributed by atoms with Crippen molar-refractivity contribution in [3.8, 4) is 0 Å². The van der Waals surface area contributed by atoms with Crippen LogP contribution in [0.3, 0.4) is 0 Å². The van der Waals surface area contributed by atoms with Crippen LogP contribution >= 0.6 is 11.3 Å². The lowest BCUT2D eigenvalue weighted by Crippen LogP contribution is -2.46. The fourth-order valence-electron chi connectivity index (χ4n) is 2.95. The summed E-state index contributed by atoms with van der Waals surface area (Å²) in [5, 5.41) is 10.5. The van der Waals surface area contributed by atoms with E-state index >= 15 is 0 Å². The van der Waals surface area contributed by atoms with Crippen molar-refractivity contribution in [2.24, 2.45) is 0 Å². The Morgan fingerprint density at radius 2 is 2.11 bits per heavy atom. The Morgan fingerprint density at radius 3 is 2.74 bits per heavy atom. The van der Waals surface area contributed by atoms with Crippen LogP contribution in [0.15, 0.2) is 11.6 Å². The zero-order chi connectivity index (χ0) is 13.3. The Kier molecular flexibility index (Phi) is 3.69. The molecule has 0 bridgehead atoms. The van der Waals surface area contributed by atoms with Crippen molar-refractivity contribution in [1.82, 2.24) is 15.1 Å². The highest BCUT2D eigenvalue weighted by molar-refractivity contribution is 7.11. The highest BCUT2D eigenvalue weighted by atomic mass is 32.1. The molecule has 5 heteroatoms. The normalized spacial score (nSPS) is 23.6. The Hall–Kier alpha value is -0.780. The van der Waals surface area contributed by atoms with E-state index in [0.717, 1.165) is 55.5 Å². The highest BCUT2D eigenvalue weighted by Gasteiger charge is 2.35. The van der Waals surface area contributed by atoms with E-state index in [1.165, 1.54) is 5.57 Å². The third-order valence-electron chi connectivity index (χ3n) is 4.02. The standard InChI is InChI=1S/C14H21N3OS/c1-11-3-8-18-14(9-11)4-6-17(7-5-14)10-13-16-15-12(2)19-13/h9H,3-8,10H2,1-2H3. The van der Waals surface area contributed by atoms with E-state index in [0.29, 0.717) is 0 Å². The summed E-state index contributed by atoms with van der Waals surface area (Å²) in [5.74, 6) is 0. The molecule has 19 heavy (non-hydrogen) atoms. The van der Waals surface area contributed by atoms with Gasteiger partial charge in [-0.3, -0.25) is 4.90 Å².